The molecule has 1 rings (SSSR count). The molecule has 1 aromatic carbocycles. The van der Waals surface area contributed by atoms with E-state index in [0.717, 1.165) is 5.56 Å². The first kappa shape index (κ1) is 14.1. The second-order valence-electron chi connectivity index (χ2n) is 3.41. The third-order valence-electron chi connectivity index (χ3n) is 1.89. The zero-order valence-corrected chi connectivity index (χ0v) is 10.8. The van der Waals surface area contributed by atoms with Gasteiger partial charge in [0, 0.05) is 10.8 Å². The van der Waals surface area contributed by atoms with E-state index >= 15 is 0 Å². The molecule has 1 amide bonds. The molecule has 1 N–H and O–H groups in total. The van der Waals surface area contributed by atoms with E-state index in [4.69, 9.17) is 11.6 Å². The molecule has 0 heterocycles. The van der Waals surface area contributed by atoms with Gasteiger partial charge in [0.2, 0.25) is 5.91 Å². The van der Waals surface area contributed by atoms with Crippen LogP contribution < -0.4 is 5.32 Å². The van der Waals surface area contributed by atoms with E-state index < -0.39 is 0 Å². The molecule has 0 fully saturated rings. The average molecular weight is 274 g/mol. The topological polar surface area (TPSA) is 29.1 Å². The molecule has 0 radical (unpaired) electrons. The Hall–Kier alpha value is -1.00. The van der Waals surface area contributed by atoms with Crippen molar-refractivity contribution in [2.75, 3.05) is 12.3 Å². The normalized spacial score (nSPS) is 10.0. The van der Waals surface area contributed by atoms with Crippen molar-refractivity contribution >= 4 is 29.3 Å². The molecule has 0 aliphatic heterocycles. The Kier molecular flexibility index (Phi) is 6.08. The predicted octanol–water partition coefficient (Wildman–Crippen LogP) is 2.93. The van der Waals surface area contributed by atoms with Crippen LogP contribution in [0.25, 0.3) is 0 Å². The van der Waals surface area contributed by atoms with Crippen molar-refractivity contribution < 1.29 is 9.18 Å². The summed E-state index contributed by atoms with van der Waals surface area (Å²) in [5, 5.41) is 3.03. The second-order valence-corrected chi connectivity index (χ2v) is 4.93. The summed E-state index contributed by atoms with van der Waals surface area (Å²) < 4.78 is 12.6. The monoisotopic (exact) mass is 273 g/mol. The van der Waals surface area contributed by atoms with Crippen molar-refractivity contribution in [1.82, 2.24) is 5.32 Å². The summed E-state index contributed by atoms with van der Waals surface area (Å²) in [5.74, 6) is 0.688. The number of halogens is 2. The number of rotatable bonds is 6. The van der Waals surface area contributed by atoms with Gasteiger partial charge in [0.1, 0.15) is 5.82 Å². The lowest BCUT2D eigenvalue weighted by molar-refractivity contribution is -0.118. The third-order valence-corrected chi connectivity index (χ3v) is 3.03. The minimum Gasteiger partial charge on any atom is -0.350 e. The Labute approximate surface area is 109 Å². The molecule has 0 saturated carbocycles. The molecule has 17 heavy (non-hydrogen) atoms. The van der Waals surface area contributed by atoms with Crippen molar-refractivity contribution in [3.8, 4) is 0 Å². The third kappa shape index (κ3) is 6.34. The maximum absolute atomic E-state index is 12.6. The highest BCUT2D eigenvalue weighted by molar-refractivity contribution is 7.99. The fourth-order valence-corrected chi connectivity index (χ4v) is 1.97. The number of thioether (sulfide) groups is 1. The molecule has 2 nitrogen and oxygen atoms in total. The average Bonchev–Trinajstić information content (AvgIpc) is 2.29. The summed E-state index contributed by atoms with van der Waals surface area (Å²) in [6.07, 6.45) is 0. The van der Waals surface area contributed by atoms with Gasteiger partial charge < -0.3 is 5.32 Å². The predicted molar refractivity (Wildman–Crippen MR) is 70.6 cm³/mol. The van der Waals surface area contributed by atoms with Crippen LogP contribution in [0.5, 0.6) is 0 Å². The minimum absolute atomic E-state index is 0.0843. The molecule has 1 aromatic rings. The first-order chi connectivity index (χ1) is 8.08. The lowest BCUT2D eigenvalue weighted by atomic mass is 10.2. The van der Waals surface area contributed by atoms with Crippen molar-refractivity contribution in [1.29, 1.82) is 0 Å². The van der Waals surface area contributed by atoms with E-state index in [1.54, 1.807) is 12.1 Å². The zero-order valence-electron chi connectivity index (χ0n) is 9.21. The van der Waals surface area contributed by atoms with Crippen molar-refractivity contribution in [2.24, 2.45) is 0 Å². The van der Waals surface area contributed by atoms with Crippen LogP contribution in [0.2, 0.25) is 0 Å². The van der Waals surface area contributed by atoms with Gasteiger partial charge in [-0.3, -0.25) is 4.79 Å². The van der Waals surface area contributed by atoms with Gasteiger partial charge >= 0.3 is 0 Å². The van der Waals surface area contributed by atoms with Crippen LogP contribution in [0.4, 0.5) is 4.39 Å². The van der Waals surface area contributed by atoms with Gasteiger partial charge in [-0.1, -0.05) is 30.3 Å². The fourth-order valence-electron chi connectivity index (χ4n) is 1.09. The molecule has 0 atom stereocenters. The van der Waals surface area contributed by atoms with Gasteiger partial charge in [0.05, 0.1) is 12.3 Å². The number of carbonyl (C=O) groups is 1. The van der Waals surface area contributed by atoms with Gasteiger partial charge in [-0.25, -0.2) is 4.39 Å². The highest BCUT2D eigenvalue weighted by Gasteiger charge is 2.02. The van der Waals surface area contributed by atoms with E-state index in [1.807, 2.05) is 0 Å². The van der Waals surface area contributed by atoms with Crippen LogP contribution in [-0.4, -0.2) is 18.2 Å². The number of hydrogen-bond donors (Lipinski definition) is 1. The Morgan fingerprint density at radius 3 is 2.65 bits per heavy atom. The van der Waals surface area contributed by atoms with E-state index in [2.05, 4.69) is 11.9 Å². The van der Waals surface area contributed by atoms with E-state index in [1.165, 1.54) is 23.9 Å². The maximum atomic E-state index is 12.6. The number of benzene rings is 1. The quantitative estimate of drug-likeness (QED) is 0.863. The minimum atomic E-state index is -0.253. The van der Waals surface area contributed by atoms with Crippen LogP contribution in [0.3, 0.4) is 0 Å². The molecule has 0 aromatic heterocycles. The Bertz CT molecular complexity index is 394. The van der Waals surface area contributed by atoms with Crippen molar-refractivity contribution in [3.05, 3.63) is 47.3 Å². The SMILES string of the molecule is C=C(Cl)CNC(=O)CSCc1ccc(F)cc1. The summed E-state index contributed by atoms with van der Waals surface area (Å²) in [7, 11) is 0. The molecule has 92 valence electrons. The fraction of sp³-hybridized carbons (Fsp3) is 0.250. The molecule has 0 aliphatic carbocycles. The molecule has 0 aliphatic rings. The largest absolute Gasteiger partial charge is 0.350 e. The standard InChI is InChI=1S/C12H13ClFNOS/c1-9(13)6-15-12(16)8-17-7-10-2-4-11(14)5-3-10/h2-5H,1,6-8H2,(H,15,16). The van der Waals surface area contributed by atoms with Gasteiger partial charge in [-0.2, -0.15) is 0 Å². The van der Waals surface area contributed by atoms with Gasteiger partial charge in [0.25, 0.3) is 0 Å². The molecule has 5 heteroatoms. The number of carbonyl (C=O) groups excluding carboxylic acids is 1. The highest BCUT2D eigenvalue weighted by atomic mass is 35.5. The van der Waals surface area contributed by atoms with Crippen LogP contribution in [0.1, 0.15) is 5.56 Å². The summed E-state index contributed by atoms with van der Waals surface area (Å²) >= 11 is 6.98. The van der Waals surface area contributed by atoms with Gasteiger partial charge in [-0.05, 0) is 17.7 Å². The van der Waals surface area contributed by atoms with Crippen LogP contribution >= 0.6 is 23.4 Å². The lowest BCUT2D eigenvalue weighted by Crippen LogP contribution is -2.26. The summed E-state index contributed by atoms with van der Waals surface area (Å²) in [4.78, 5) is 11.3. The first-order valence-corrected chi connectivity index (χ1v) is 6.53. The van der Waals surface area contributed by atoms with Crippen LogP contribution in [-0.2, 0) is 10.5 Å². The van der Waals surface area contributed by atoms with E-state index in [9.17, 15) is 9.18 Å². The molecule has 0 saturated heterocycles. The maximum Gasteiger partial charge on any atom is 0.230 e. The number of nitrogens with one attached hydrogen (secondary N) is 1. The van der Waals surface area contributed by atoms with E-state index in [0.29, 0.717) is 16.5 Å². The van der Waals surface area contributed by atoms with Gasteiger partial charge in [-0.15, -0.1) is 11.8 Å². The Balaban J connectivity index is 2.21. The van der Waals surface area contributed by atoms with Crippen LogP contribution in [0, 0.1) is 5.82 Å². The number of hydrogen-bond acceptors (Lipinski definition) is 2. The Morgan fingerprint density at radius 1 is 1.41 bits per heavy atom. The zero-order chi connectivity index (χ0) is 12.7. The molecule has 0 unspecified atom stereocenters. The van der Waals surface area contributed by atoms with Crippen LogP contribution in [0.15, 0.2) is 35.9 Å². The van der Waals surface area contributed by atoms with E-state index in [-0.39, 0.29) is 18.3 Å². The smallest absolute Gasteiger partial charge is 0.230 e. The summed E-state index contributed by atoms with van der Waals surface area (Å²) in [6, 6.07) is 6.24. The molecule has 0 bridgehead atoms. The first-order valence-electron chi connectivity index (χ1n) is 5.00. The summed E-state index contributed by atoms with van der Waals surface area (Å²) in [6.45, 7) is 3.76. The van der Waals surface area contributed by atoms with Gasteiger partial charge in [0.15, 0.2) is 0 Å². The van der Waals surface area contributed by atoms with Crippen molar-refractivity contribution in [2.45, 2.75) is 5.75 Å². The van der Waals surface area contributed by atoms with Crippen molar-refractivity contribution in [3.63, 3.8) is 0 Å². The molecule has 0 spiro atoms. The second kappa shape index (κ2) is 7.35. The molecular formula is C12H13ClFNOS. The number of amides is 1. The summed E-state index contributed by atoms with van der Waals surface area (Å²) in [5.41, 5.74) is 0.992. The highest BCUT2D eigenvalue weighted by Crippen LogP contribution is 2.12. The lowest BCUT2D eigenvalue weighted by Gasteiger charge is -2.04. The molecular weight excluding hydrogens is 261 g/mol. The Morgan fingerprint density at radius 2 is 2.06 bits per heavy atom.